The van der Waals surface area contributed by atoms with E-state index in [1.165, 1.54) is 18.1 Å². The van der Waals surface area contributed by atoms with Gasteiger partial charge >= 0.3 is 5.97 Å². The van der Waals surface area contributed by atoms with Gasteiger partial charge in [0, 0.05) is 29.4 Å². The summed E-state index contributed by atoms with van der Waals surface area (Å²) >= 11 is 3.70. The predicted octanol–water partition coefficient (Wildman–Crippen LogP) is 2.69. The Morgan fingerprint density at radius 1 is 1.48 bits per heavy atom. The van der Waals surface area contributed by atoms with E-state index in [4.69, 9.17) is 14.2 Å². The standard InChI is InChI=1S/C20H19BrN2O4/c1-10(24)26-15-4-3-12-14-7-11-13(21)8-16(25-2)18-17(11)20(12,19(15)27-18)5-6-23(14)9-22/h3-4,8,12,14-15,19H,5-7H2,1-2H3/t12-,14?,15-,19-,20?/m0/s1. The van der Waals surface area contributed by atoms with Crippen molar-refractivity contribution in [3.63, 3.8) is 0 Å². The Morgan fingerprint density at radius 2 is 2.30 bits per heavy atom. The van der Waals surface area contributed by atoms with E-state index in [1.54, 1.807) is 7.11 Å². The van der Waals surface area contributed by atoms with Gasteiger partial charge in [-0.25, -0.2) is 0 Å². The number of benzene rings is 1. The van der Waals surface area contributed by atoms with Crippen molar-refractivity contribution in [1.82, 2.24) is 4.90 Å². The molecule has 2 unspecified atom stereocenters. The predicted molar refractivity (Wildman–Crippen MR) is 99.4 cm³/mol. The van der Waals surface area contributed by atoms with Crippen molar-refractivity contribution in [1.29, 1.82) is 5.26 Å². The number of hydrogen-bond donors (Lipinski definition) is 0. The van der Waals surface area contributed by atoms with Crippen LogP contribution >= 0.6 is 15.9 Å². The minimum absolute atomic E-state index is 0.0764. The van der Waals surface area contributed by atoms with Gasteiger partial charge in [-0.1, -0.05) is 22.0 Å². The fourth-order valence-electron chi connectivity index (χ4n) is 5.63. The number of ether oxygens (including phenoxy) is 3. The van der Waals surface area contributed by atoms with Gasteiger partial charge in [0.05, 0.1) is 18.6 Å². The molecule has 1 fully saturated rings. The van der Waals surface area contributed by atoms with Gasteiger partial charge in [-0.15, -0.1) is 0 Å². The van der Waals surface area contributed by atoms with E-state index in [1.807, 2.05) is 17.0 Å². The lowest BCUT2D eigenvalue weighted by Crippen LogP contribution is -2.65. The summed E-state index contributed by atoms with van der Waals surface area (Å²) in [6.07, 6.45) is 7.22. The van der Waals surface area contributed by atoms with Crippen LogP contribution in [0.4, 0.5) is 0 Å². The lowest BCUT2D eigenvalue weighted by molar-refractivity contribution is -0.152. The third kappa shape index (κ3) is 2.02. The molecule has 0 amide bonds. The zero-order valence-electron chi connectivity index (χ0n) is 15.1. The first-order valence-electron chi connectivity index (χ1n) is 9.09. The summed E-state index contributed by atoms with van der Waals surface area (Å²) in [6, 6.07) is 2.01. The molecular weight excluding hydrogens is 412 g/mol. The lowest BCUT2D eigenvalue weighted by Gasteiger charge is -2.56. The molecule has 5 rings (SSSR count). The molecule has 6 nitrogen and oxygen atoms in total. The molecule has 0 radical (unpaired) electrons. The highest BCUT2D eigenvalue weighted by Crippen LogP contribution is 2.63. The van der Waals surface area contributed by atoms with Crippen molar-refractivity contribution < 1.29 is 19.0 Å². The topological polar surface area (TPSA) is 71.8 Å². The van der Waals surface area contributed by atoms with Crippen LogP contribution in [0.1, 0.15) is 24.5 Å². The average molecular weight is 431 g/mol. The Hall–Kier alpha value is -2.20. The molecular formula is C20H19BrN2O4. The number of hydrogen-bond acceptors (Lipinski definition) is 6. The van der Waals surface area contributed by atoms with Gasteiger partial charge in [-0.3, -0.25) is 4.79 Å². The molecule has 7 heteroatoms. The van der Waals surface area contributed by atoms with Crippen LogP contribution in [0.15, 0.2) is 22.7 Å². The normalized spacial score (nSPS) is 34.4. The molecule has 2 aliphatic heterocycles. The van der Waals surface area contributed by atoms with Crippen molar-refractivity contribution >= 4 is 21.9 Å². The van der Waals surface area contributed by atoms with Crippen molar-refractivity contribution in [2.24, 2.45) is 5.92 Å². The van der Waals surface area contributed by atoms with Gasteiger partial charge in [0.2, 0.25) is 0 Å². The van der Waals surface area contributed by atoms with Crippen molar-refractivity contribution in [3.05, 3.63) is 33.8 Å². The molecule has 27 heavy (non-hydrogen) atoms. The second-order valence-electron chi connectivity index (χ2n) is 7.62. The number of carbonyl (C=O) groups excluding carboxylic acids is 1. The first-order chi connectivity index (χ1) is 13.0. The second kappa shape index (κ2) is 5.65. The maximum Gasteiger partial charge on any atom is 0.303 e. The van der Waals surface area contributed by atoms with Crippen molar-refractivity contribution in [3.8, 4) is 17.7 Å². The zero-order chi connectivity index (χ0) is 18.9. The number of nitrogens with zero attached hydrogens (tertiary/aromatic N) is 2. The summed E-state index contributed by atoms with van der Waals surface area (Å²) in [5.41, 5.74) is 2.03. The van der Waals surface area contributed by atoms with Gasteiger partial charge in [-0.2, -0.15) is 5.26 Å². The number of piperidine rings is 1. The van der Waals surface area contributed by atoms with Crippen LogP contribution in [0, 0.1) is 17.4 Å². The molecule has 140 valence electrons. The first kappa shape index (κ1) is 16.9. The number of likely N-dealkylation sites (tertiary alicyclic amines) is 1. The van der Waals surface area contributed by atoms with Gasteiger partial charge < -0.3 is 19.1 Å². The molecule has 4 aliphatic rings. The van der Waals surface area contributed by atoms with Gasteiger partial charge in [-0.05, 0) is 30.5 Å². The van der Waals surface area contributed by atoms with Crippen LogP contribution < -0.4 is 9.47 Å². The quantitative estimate of drug-likeness (QED) is 0.408. The smallest absolute Gasteiger partial charge is 0.303 e. The number of nitriles is 1. The number of methoxy groups -OCH3 is 1. The highest BCUT2D eigenvalue weighted by atomic mass is 79.9. The summed E-state index contributed by atoms with van der Waals surface area (Å²) in [5, 5.41) is 9.66. The van der Waals surface area contributed by atoms with Crippen LogP contribution in [0.2, 0.25) is 0 Å². The second-order valence-corrected chi connectivity index (χ2v) is 8.48. The Morgan fingerprint density at radius 3 is 3.00 bits per heavy atom. The number of rotatable bonds is 2. The number of esters is 1. The minimum Gasteiger partial charge on any atom is -0.493 e. The third-order valence-electron chi connectivity index (χ3n) is 6.56. The fraction of sp³-hybridized carbons (Fsp3) is 0.500. The fourth-order valence-corrected chi connectivity index (χ4v) is 6.20. The zero-order valence-corrected chi connectivity index (χ0v) is 16.7. The third-order valence-corrected chi connectivity index (χ3v) is 7.27. The van der Waals surface area contributed by atoms with E-state index in [-0.39, 0.29) is 29.4 Å². The lowest BCUT2D eigenvalue weighted by atomic mass is 9.53. The molecule has 1 saturated heterocycles. The van der Waals surface area contributed by atoms with Crippen LogP contribution in [0.3, 0.4) is 0 Å². The molecule has 5 atom stereocenters. The average Bonchev–Trinajstić information content (AvgIpc) is 2.98. The van der Waals surface area contributed by atoms with E-state index in [0.29, 0.717) is 12.3 Å². The van der Waals surface area contributed by atoms with E-state index in [2.05, 4.69) is 28.2 Å². The van der Waals surface area contributed by atoms with Crippen molar-refractivity contribution in [2.75, 3.05) is 13.7 Å². The number of halogens is 1. The molecule has 0 aromatic heterocycles. The van der Waals surface area contributed by atoms with Crippen LogP contribution in [-0.2, 0) is 21.4 Å². The number of carbonyl (C=O) groups is 1. The largest absolute Gasteiger partial charge is 0.493 e. The van der Waals surface area contributed by atoms with Gasteiger partial charge in [0.25, 0.3) is 0 Å². The molecule has 2 heterocycles. The molecule has 1 spiro atoms. The van der Waals surface area contributed by atoms with Gasteiger partial charge in [0.1, 0.15) is 6.10 Å². The molecule has 1 aromatic carbocycles. The maximum atomic E-state index is 11.7. The van der Waals surface area contributed by atoms with Crippen molar-refractivity contribution in [2.45, 2.75) is 43.4 Å². The Bertz CT molecular complexity index is 924. The SMILES string of the molecule is COc1cc(Br)c2c3c1O[C@H]1[C@@H](OC(C)=O)C=C[C@H]4C(C2)N(C#N)CCC341. The minimum atomic E-state index is -0.449. The van der Waals surface area contributed by atoms with Crippen LogP contribution in [0.5, 0.6) is 11.5 Å². The molecule has 0 N–H and O–H groups in total. The van der Waals surface area contributed by atoms with E-state index in [0.717, 1.165) is 23.1 Å². The monoisotopic (exact) mass is 430 g/mol. The molecule has 2 bridgehead atoms. The highest BCUT2D eigenvalue weighted by molar-refractivity contribution is 9.10. The molecule has 0 saturated carbocycles. The Labute approximate surface area is 165 Å². The summed E-state index contributed by atoms with van der Waals surface area (Å²) in [6.45, 7) is 2.09. The van der Waals surface area contributed by atoms with E-state index in [9.17, 15) is 10.1 Å². The van der Waals surface area contributed by atoms with Crippen LogP contribution in [0.25, 0.3) is 0 Å². The highest BCUT2D eigenvalue weighted by Gasteiger charge is 2.65. The first-order valence-corrected chi connectivity index (χ1v) is 9.89. The Balaban J connectivity index is 1.77. The molecule has 1 aromatic rings. The maximum absolute atomic E-state index is 11.7. The summed E-state index contributed by atoms with van der Waals surface area (Å²) in [7, 11) is 1.64. The summed E-state index contributed by atoms with van der Waals surface area (Å²) in [4.78, 5) is 13.6. The Kier molecular flexibility index (Phi) is 3.54. The van der Waals surface area contributed by atoms with Crippen LogP contribution in [-0.4, -0.2) is 42.8 Å². The summed E-state index contributed by atoms with van der Waals surface area (Å²) in [5.74, 6) is 1.26. The van der Waals surface area contributed by atoms with E-state index >= 15 is 0 Å². The molecule has 2 aliphatic carbocycles. The van der Waals surface area contributed by atoms with Gasteiger partial charge in [0.15, 0.2) is 23.8 Å². The summed E-state index contributed by atoms with van der Waals surface area (Å²) < 4.78 is 18.7. The van der Waals surface area contributed by atoms with E-state index < -0.39 is 6.10 Å².